The summed E-state index contributed by atoms with van der Waals surface area (Å²) in [7, 11) is 3.55. The first-order valence-electron chi connectivity index (χ1n) is 8.03. The van der Waals surface area contributed by atoms with Crippen molar-refractivity contribution in [1.29, 1.82) is 0 Å². The van der Waals surface area contributed by atoms with Gasteiger partial charge < -0.3 is 10.6 Å². The Morgan fingerprint density at radius 2 is 1.92 bits per heavy atom. The molecular formula is C17H20N6O2S. The number of thiophene rings is 1. The summed E-state index contributed by atoms with van der Waals surface area (Å²) in [5, 5.41) is 16.0. The molecule has 0 aliphatic rings. The van der Waals surface area contributed by atoms with Crippen LogP contribution >= 0.6 is 11.3 Å². The van der Waals surface area contributed by atoms with Crippen LogP contribution in [0.5, 0.6) is 0 Å². The number of anilines is 1. The second-order valence-corrected chi connectivity index (χ2v) is 6.87. The van der Waals surface area contributed by atoms with Crippen LogP contribution in [0.4, 0.5) is 5.82 Å². The molecule has 0 bridgehead atoms. The molecule has 0 aromatic carbocycles. The third-order valence-electron chi connectivity index (χ3n) is 4.18. The molecule has 0 fully saturated rings. The molecule has 0 saturated carbocycles. The van der Waals surface area contributed by atoms with Gasteiger partial charge in [0.1, 0.15) is 5.82 Å². The van der Waals surface area contributed by atoms with Gasteiger partial charge in [-0.3, -0.25) is 19.0 Å². The van der Waals surface area contributed by atoms with Crippen LogP contribution in [0.3, 0.4) is 0 Å². The minimum absolute atomic E-state index is 0.225. The average Bonchev–Trinajstić information content (AvgIpc) is 3.29. The van der Waals surface area contributed by atoms with Crippen molar-refractivity contribution in [3.63, 3.8) is 0 Å². The Balaban J connectivity index is 1.68. The molecule has 2 amide bonds. The van der Waals surface area contributed by atoms with Gasteiger partial charge >= 0.3 is 0 Å². The quantitative estimate of drug-likeness (QED) is 0.716. The fourth-order valence-corrected chi connectivity index (χ4v) is 3.23. The van der Waals surface area contributed by atoms with Crippen LogP contribution in [0.2, 0.25) is 0 Å². The van der Waals surface area contributed by atoms with Gasteiger partial charge in [0, 0.05) is 38.0 Å². The number of aryl methyl sites for hydroxylation is 3. The molecule has 3 heterocycles. The van der Waals surface area contributed by atoms with Crippen LogP contribution in [0, 0.1) is 13.8 Å². The van der Waals surface area contributed by atoms with E-state index in [1.807, 2.05) is 32.3 Å². The molecule has 3 aromatic heterocycles. The second-order valence-electron chi connectivity index (χ2n) is 5.93. The minimum Gasteiger partial charge on any atom is -0.346 e. The van der Waals surface area contributed by atoms with Gasteiger partial charge in [-0.15, -0.1) is 11.3 Å². The highest BCUT2D eigenvalue weighted by molar-refractivity contribution is 7.12. The molecule has 0 aliphatic heterocycles. The summed E-state index contributed by atoms with van der Waals surface area (Å²) in [5.41, 5.74) is 3.12. The van der Waals surface area contributed by atoms with Gasteiger partial charge in [0.15, 0.2) is 5.69 Å². The molecule has 3 rings (SSSR count). The first-order valence-corrected chi connectivity index (χ1v) is 8.91. The summed E-state index contributed by atoms with van der Waals surface area (Å²) in [6, 6.07) is 5.11. The number of hydrogen-bond acceptors (Lipinski definition) is 5. The Kier molecular flexibility index (Phi) is 4.90. The standard InChI is InChI=1S/C17H20N6O2S/c1-10-12(11(2)22(3)20-10)9-18-16(24)13-8-15(23(4)21-13)19-17(25)14-6-5-7-26-14/h5-8H,9H2,1-4H3,(H,18,24)(H,19,25). The fourth-order valence-electron chi connectivity index (χ4n) is 2.61. The molecule has 136 valence electrons. The van der Waals surface area contributed by atoms with Crippen molar-refractivity contribution >= 4 is 29.0 Å². The third-order valence-corrected chi connectivity index (χ3v) is 5.05. The van der Waals surface area contributed by atoms with E-state index in [9.17, 15) is 9.59 Å². The van der Waals surface area contributed by atoms with Crippen molar-refractivity contribution in [2.45, 2.75) is 20.4 Å². The average molecular weight is 372 g/mol. The molecule has 0 saturated heterocycles. The largest absolute Gasteiger partial charge is 0.346 e. The van der Waals surface area contributed by atoms with Gasteiger partial charge in [-0.25, -0.2) is 0 Å². The van der Waals surface area contributed by atoms with Crippen molar-refractivity contribution < 1.29 is 9.59 Å². The monoisotopic (exact) mass is 372 g/mol. The number of rotatable bonds is 5. The van der Waals surface area contributed by atoms with Crippen LogP contribution in [0.25, 0.3) is 0 Å². The summed E-state index contributed by atoms with van der Waals surface area (Å²) in [6.45, 7) is 4.24. The maximum absolute atomic E-state index is 12.4. The zero-order valence-electron chi connectivity index (χ0n) is 15.0. The summed E-state index contributed by atoms with van der Waals surface area (Å²) < 4.78 is 3.26. The summed E-state index contributed by atoms with van der Waals surface area (Å²) in [6.07, 6.45) is 0. The number of carbonyl (C=O) groups excluding carboxylic acids is 2. The molecule has 26 heavy (non-hydrogen) atoms. The van der Waals surface area contributed by atoms with Crippen molar-refractivity contribution in [2.24, 2.45) is 14.1 Å². The first-order chi connectivity index (χ1) is 12.4. The summed E-state index contributed by atoms with van der Waals surface area (Å²) in [5.74, 6) is -0.0706. The maximum Gasteiger partial charge on any atom is 0.272 e. The van der Waals surface area contributed by atoms with E-state index in [0.29, 0.717) is 17.2 Å². The fraction of sp³-hybridized carbons (Fsp3) is 0.294. The van der Waals surface area contributed by atoms with E-state index in [-0.39, 0.29) is 17.5 Å². The highest BCUT2D eigenvalue weighted by Crippen LogP contribution is 2.15. The van der Waals surface area contributed by atoms with E-state index in [1.165, 1.54) is 16.0 Å². The van der Waals surface area contributed by atoms with E-state index in [0.717, 1.165) is 17.0 Å². The van der Waals surface area contributed by atoms with Crippen LogP contribution in [-0.2, 0) is 20.6 Å². The van der Waals surface area contributed by atoms with E-state index in [1.54, 1.807) is 23.9 Å². The molecule has 0 aliphatic carbocycles. The van der Waals surface area contributed by atoms with Crippen molar-refractivity contribution in [2.75, 3.05) is 5.32 Å². The highest BCUT2D eigenvalue weighted by atomic mass is 32.1. The molecule has 0 radical (unpaired) electrons. The number of nitrogens with one attached hydrogen (secondary N) is 2. The Labute approximate surface area is 154 Å². The van der Waals surface area contributed by atoms with E-state index >= 15 is 0 Å². The lowest BCUT2D eigenvalue weighted by atomic mass is 10.2. The van der Waals surface area contributed by atoms with E-state index in [4.69, 9.17) is 0 Å². The van der Waals surface area contributed by atoms with Gasteiger partial charge in [-0.05, 0) is 25.3 Å². The molecule has 3 aromatic rings. The van der Waals surface area contributed by atoms with Crippen LogP contribution in [0.1, 0.15) is 37.1 Å². The van der Waals surface area contributed by atoms with Crippen LogP contribution in [0.15, 0.2) is 23.6 Å². The zero-order valence-corrected chi connectivity index (χ0v) is 15.8. The van der Waals surface area contributed by atoms with Crippen LogP contribution < -0.4 is 10.6 Å². The molecule has 2 N–H and O–H groups in total. The highest BCUT2D eigenvalue weighted by Gasteiger charge is 2.17. The Bertz CT molecular complexity index is 954. The Morgan fingerprint density at radius 1 is 1.15 bits per heavy atom. The number of carbonyl (C=O) groups is 2. The number of amides is 2. The predicted octanol–water partition coefficient (Wildman–Crippen LogP) is 2.01. The number of nitrogens with zero attached hydrogens (tertiary/aromatic N) is 4. The van der Waals surface area contributed by atoms with Crippen molar-refractivity contribution in [1.82, 2.24) is 24.9 Å². The lowest BCUT2D eigenvalue weighted by Crippen LogP contribution is -2.24. The maximum atomic E-state index is 12.4. The lowest BCUT2D eigenvalue weighted by Gasteiger charge is -2.04. The molecule has 8 nitrogen and oxygen atoms in total. The zero-order chi connectivity index (χ0) is 18.8. The van der Waals surface area contributed by atoms with Gasteiger partial charge in [-0.2, -0.15) is 10.2 Å². The van der Waals surface area contributed by atoms with Gasteiger partial charge in [0.25, 0.3) is 11.8 Å². The summed E-state index contributed by atoms with van der Waals surface area (Å²) >= 11 is 1.35. The lowest BCUT2D eigenvalue weighted by molar-refractivity contribution is 0.0944. The molecule has 0 atom stereocenters. The smallest absolute Gasteiger partial charge is 0.272 e. The first kappa shape index (κ1) is 17.9. The molecule has 9 heteroatoms. The van der Waals surface area contributed by atoms with E-state index < -0.39 is 0 Å². The van der Waals surface area contributed by atoms with E-state index in [2.05, 4.69) is 20.8 Å². The topological polar surface area (TPSA) is 93.8 Å². The number of hydrogen-bond donors (Lipinski definition) is 2. The number of aromatic nitrogens is 4. The third kappa shape index (κ3) is 3.52. The molecule has 0 unspecified atom stereocenters. The van der Waals surface area contributed by atoms with Gasteiger partial charge in [0.2, 0.25) is 0 Å². The molecular weight excluding hydrogens is 352 g/mol. The Hall–Kier alpha value is -2.94. The van der Waals surface area contributed by atoms with Crippen LogP contribution in [-0.4, -0.2) is 31.4 Å². The SMILES string of the molecule is Cc1nn(C)c(C)c1CNC(=O)c1cc(NC(=O)c2cccs2)n(C)n1. The Morgan fingerprint density at radius 3 is 2.54 bits per heavy atom. The normalized spacial score (nSPS) is 10.8. The summed E-state index contributed by atoms with van der Waals surface area (Å²) in [4.78, 5) is 25.1. The van der Waals surface area contributed by atoms with Crippen molar-refractivity contribution in [3.05, 3.63) is 51.1 Å². The van der Waals surface area contributed by atoms with Gasteiger partial charge in [0.05, 0.1) is 10.6 Å². The molecule has 0 spiro atoms. The minimum atomic E-state index is -0.306. The van der Waals surface area contributed by atoms with Crippen molar-refractivity contribution in [3.8, 4) is 0 Å². The second kappa shape index (κ2) is 7.12. The van der Waals surface area contributed by atoms with Gasteiger partial charge in [-0.1, -0.05) is 6.07 Å². The predicted molar refractivity (Wildman–Crippen MR) is 99.3 cm³/mol.